The Morgan fingerprint density at radius 3 is 2.32 bits per heavy atom. The van der Waals surface area contributed by atoms with E-state index in [1.165, 1.54) is 0 Å². The van der Waals surface area contributed by atoms with Crippen molar-refractivity contribution in [1.29, 1.82) is 0 Å². The highest BCUT2D eigenvalue weighted by atomic mass is 35.5. The molecule has 1 amide bonds. The molecule has 0 spiro atoms. The summed E-state index contributed by atoms with van der Waals surface area (Å²) >= 11 is 5.87. The minimum atomic E-state index is -0.325. The Kier molecular flexibility index (Phi) is 6.45. The molecule has 6 nitrogen and oxygen atoms in total. The molecule has 28 heavy (non-hydrogen) atoms. The molecule has 1 heterocycles. The molecule has 0 atom stereocenters. The molecular formula is C21H21ClN4O2. The lowest BCUT2D eigenvalue weighted by Crippen LogP contribution is -2.15. The molecule has 0 fully saturated rings. The number of aromatic nitrogens is 2. The predicted octanol–water partition coefficient (Wildman–Crippen LogP) is 4.78. The topological polar surface area (TPSA) is 76.1 Å². The molecule has 2 N–H and O–H groups in total. The van der Waals surface area contributed by atoms with Gasteiger partial charge in [0.2, 0.25) is 0 Å². The second kappa shape index (κ2) is 9.19. The van der Waals surface area contributed by atoms with Crippen LogP contribution >= 0.6 is 11.6 Å². The Morgan fingerprint density at radius 2 is 1.71 bits per heavy atom. The molecule has 3 rings (SSSR count). The Morgan fingerprint density at radius 1 is 1.00 bits per heavy atom. The van der Waals surface area contributed by atoms with E-state index in [1.54, 1.807) is 24.3 Å². The van der Waals surface area contributed by atoms with E-state index < -0.39 is 0 Å². The van der Waals surface area contributed by atoms with Crippen molar-refractivity contribution < 1.29 is 9.53 Å². The summed E-state index contributed by atoms with van der Waals surface area (Å²) in [6, 6.07) is 18.1. The molecule has 0 aliphatic carbocycles. The van der Waals surface area contributed by atoms with E-state index in [1.807, 2.05) is 50.2 Å². The summed E-state index contributed by atoms with van der Waals surface area (Å²) < 4.78 is 5.58. The number of benzene rings is 2. The fourth-order valence-electron chi connectivity index (χ4n) is 2.43. The number of ether oxygens (including phenoxy) is 1. The van der Waals surface area contributed by atoms with Gasteiger partial charge in [0.25, 0.3) is 5.91 Å². The lowest BCUT2D eigenvalue weighted by atomic mass is 10.2. The van der Waals surface area contributed by atoms with Gasteiger partial charge in [-0.2, -0.15) is 0 Å². The summed E-state index contributed by atoms with van der Waals surface area (Å²) in [5.41, 5.74) is 1.96. The van der Waals surface area contributed by atoms with E-state index in [4.69, 9.17) is 16.3 Å². The van der Waals surface area contributed by atoms with Gasteiger partial charge in [-0.05, 0) is 67.9 Å². The molecule has 144 valence electrons. The van der Waals surface area contributed by atoms with Gasteiger partial charge >= 0.3 is 0 Å². The van der Waals surface area contributed by atoms with E-state index in [2.05, 4.69) is 20.8 Å². The van der Waals surface area contributed by atoms with Crippen LogP contribution in [0.4, 0.5) is 11.5 Å². The van der Waals surface area contributed by atoms with Crippen LogP contribution in [0.5, 0.6) is 5.75 Å². The summed E-state index contributed by atoms with van der Waals surface area (Å²) in [6.45, 7) is 4.51. The van der Waals surface area contributed by atoms with Crippen LogP contribution in [-0.4, -0.2) is 22.2 Å². The number of hydrogen-bond acceptors (Lipinski definition) is 5. The van der Waals surface area contributed by atoms with E-state index in [9.17, 15) is 4.79 Å². The maximum absolute atomic E-state index is 12.3. The van der Waals surface area contributed by atoms with Crippen molar-refractivity contribution in [3.05, 3.63) is 76.9 Å². The molecular weight excluding hydrogens is 376 g/mol. The third kappa shape index (κ3) is 5.69. The molecule has 7 heteroatoms. The van der Waals surface area contributed by atoms with E-state index in [0.717, 1.165) is 11.3 Å². The summed E-state index contributed by atoms with van der Waals surface area (Å²) in [4.78, 5) is 12.3. The van der Waals surface area contributed by atoms with Crippen molar-refractivity contribution in [2.75, 3.05) is 10.6 Å². The number of nitrogens with zero attached hydrogens (tertiary/aromatic N) is 2. The standard InChI is InChI=1S/C21H21ClN4O2/c1-14(2)28-18-9-7-17(8-10-18)24-21(27)19-11-12-20(26-25-19)23-13-15-3-5-16(22)6-4-15/h3-12,14H,13H2,1-2H3,(H,23,26)(H,24,27). The number of nitrogens with one attached hydrogen (secondary N) is 2. The quantitative estimate of drug-likeness (QED) is 0.601. The third-order valence-corrected chi connectivity index (χ3v) is 4.02. The fraction of sp³-hybridized carbons (Fsp3) is 0.190. The smallest absolute Gasteiger partial charge is 0.276 e. The molecule has 0 saturated heterocycles. The van der Waals surface area contributed by atoms with E-state index in [0.29, 0.717) is 23.1 Å². The van der Waals surface area contributed by atoms with Gasteiger partial charge in [-0.15, -0.1) is 10.2 Å². The zero-order valence-electron chi connectivity index (χ0n) is 15.6. The van der Waals surface area contributed by atoms with E-state index in [-0.39, 0.29) is 17.7 Å². The molecule has 1 aromatic heterocycles. The molecule has 0 saturated carbocycles. The van der Waals surface area contributed by atoms with Crippen LogP contribution < -0.4 is 15.4 Å². The van der Waals surface area contributed by atoms with Gasteiger partial charge in [0.1, 0.15) is 11.6 Å². The maximum atomic E-state index is 12.3. The van der Waals surface area contributed by atoms with Gasteiger partial charge in [0, 0.05) is 17.3 Å². The van der Waals surface area contributed by atoms with Crippen molar-refractivity contribution >= 4 is 29.0 Å². The van der Waals surface area contributed by atoms with Crippen LogP contribution in [0, 0.1) is 0 Å². The second-order valence-corrected chi connectivity index (χ2v) is 6.87. The third-order valence-electron chi connectivity index (χ3n) is 3.77. The average Bonchev–Trinajstić information content (AvgIpc) is 2.69. The highest BCUT2D eigenvalue weighted by Gasteiger charge is 2.09. The number of carbonyl (C=O) groups excluding carboxylic acids is 1. The SMILES string of the molecule is CC(C)Oc1ccc(NC(=O)c2ccc(NCc3ccc(Cl)cc3)nn2)cc1. The predicted molar refractivity (Wildman–Crippen MR) is 111 cm³/mol. The first-order valence-corrected chi connectivity index (χ1v) is 9.27. The summed E-state index contributed by atoms with van der Waals surface area (Å²) in [6.07, 6.45) is 0.0996. The molecule has 0 aliphatic heterocycles. The van der Waals surface area contributed by atoms with Gasteiger partial charge in [-0.3, -0.25) is 4.79 Å². The normalized spacial score (nSPS) is 10.6. The Labute approximate surface area is 168 Å². The summed E-state index contributed by atoms with van der Waals surface area (Å²) in [5, 5.41) is 14.7. The van der Waals surface area contributed by atoms with Gasteiger partial charge in [-0.25, -0.2) is 0 Å². The fourth-order valence-corrected chi connectivity index (χ4v) is 2.55. The van der Waals surface area contributed by atoms with Crippen LogP contribution in [0.1, 0.15) is 29.9 Å². The van der Waals surface area contributed by atoms with Crippen LogP contribution in [0.25, 0.3) is 0 Å². The lowest BCUT2D eigenvalue weighted by molar-refractivity contribution is 0.102. The molecule has 2 aromatic carbocycles. The van der Waals surface area contributed by atoms with Crippen LogP contribution in [0.15, 0.2) is 60.7 Å². The van der Waals surface area contributed by atoms with Crippen LogP contribution in [0.3, 0.4) is 0 Å². The Bertz CT molecular complexity index is 911. The maximum Gasteiger partial charge on any atom is 0.276 e. The molecule has 0 bridgehead atoms. The van der Waals surface area contributed by atoms with E-state index >= 15 is 0 Å². The molecule has 3 aromatic rings. The number of rotatable bonds is 7. The summed E-state index contributed by atoms with van der Waals surface area (Å²) in [5.74, 6) is 1.01. The van der Waals surface area contributed by atoms with Crippen molar-refractivity contribution in [3.8, 4) is 5.75 Å². The Balaban J connectivity index is 1.55. The first-order valence-electron chi connectivity index (χ1n) is 8.90. The van der Waals surface area contributed by atoms with Gasteiger partial charge in [0.05, 0.1) is 6.10 Å². The average molecular weight is 397 g/mol. The van der Waals surface area contributed by atoms with Gasteiger partial charge < -0.3 is 15.4 Å². The van der Waals surface area contributed by atoms with Crippen LogP contribution in [0.2, 0.25) is 5.02 Å². The number of halogens is 1. The lowest BCUT2D eigenvalue weighted by Gasteiger charge is -2.10. The number of hydrogen-bond donors (Lipinski definition) is 2. The minimum absolute atomic E-state index is 0.0996. The second-order valence-electron chi connectivity index (χ2n) is 6.43. The zero-order valence-corrected chi connectivity index (χ0v) is 16.4. The largest absolute Gasteiger partial charge is 0.491 e. The number of amides is 1. The molecule has 0 radical (unpaired) electrons. The monoisotopic (exact) mass is 396 g/mol. The van der Waals surface area contributed by atoms with Crippen LogP contribution in [-0.2, 0) is 6.54 Å². The van der Waals surface area contributed by atoms with Crippen molar-refractivity contribution in [3.63, 3.8) is 0 Å². The van der Waals surface area contributed by atoms with Crippen molar-refractivity contribution in [2.45, 2.75) is 26.5 Å². The minimum Gasteiger partial charge on any atom is -0.491 e. The van der Waals surface area contributed by atoms with Gasteiger partial charge in [-0.1, -0.05) is 23.7 Å². The zero-order chi connectivity index (χ0) is 19.9. The van der Waals surface area contributed by atoms with Gasteiger partial charge in [0.15, 0.2) is 5.69 Å². The van der Waals surface area contributed by atoms with Crippen molar-refractivity contribution in [1.82, 2.24) is 10.2 Å². The molecule has 0 aliphatic rings. The molecule has 0 unspecified atom stereocenters. The number of carbonyl (C=O) groups is 1. The van der Waals surface area contributed by atoms with Crippen molar-refractivity contribution in [2.24, 2.45) is 0 Å². The Hall–Kier alpha value is -3.12. The summed E-state index contributed by atoms with van der Waals surface area (Å²) in [7, 11) is 0. The highest BCUT2D eigenvalue weighted by Crippen LogP contribution is 2.17. The number of anilines is 2. The first-order chi connectivity index (χ1) is 13.5. The first kappa shape index (κ1) is 19.6. The highest BCUT2D eigenvalue weighted by molar-refractivity contribution is 6.30.